The number of carbonyl (C=O) groups is 1. The molecule has 0 spiro atoms. The Balaban J connectivity index is 0.00000225. The summed E-state index contributed by atoms with van der Waals surface area (Å²) in [5, 5.41) is 6.26. The third-order valence-electron chi connectivity index (χ3n) is 4.94. The number of amides is 1. The molecule has 1 aromatic carbocycles. The molecule has 2 aliphatic rings. The lowest BCUT2D eigenvalue weighted by molar-refractivity contribution is -0.123. The highest BCUT2D eigenvalue weighted by atomic mass is 35.5. The van der Waals surface area contributed by atoms with Crippen LogP contribution in [-0.4, -0.2) is 43.0 Å². The number of hydrogen-bond donors (Lipinski definition) is 2. The molecule has 0 aliphatic carbocycles. The van der Waals surface area contributed by atoms with Gasteiger partial charge >= 0.3 is 0 Å². The van der Waals surface area contributed by atoms with Crippen LogP contribution in [-0.2, 0) is 11.3 Å². The van der Waals surface area contributed by atoms with Crippen molar-refractivity contribution in [2.24, 2.45) is 5.92 Å². The number of hydrogen-bond acceptors (Lipinski definition) is 3. The lowest BCUT2D eigenvalue weighted by Crippen LogP contribution is -2.45. The van der Waals surface area contributed by atoms with Crippen molar-refractivity contribution >= 4 is 18.3 Å². The van der Waals surface area contributed by atoms with Gasteiger partial charge in [0.25, 0.3) is 0 Å². The van der Waals surface area contributed by atoms with Crippen LogP contribution in [0.15, 0.2) is 18.2 Å². The highest BCUT2D eigenvalue weighted by Gasteiger charge is 2.24. The highest BCUT2D eigenvalue weighted by Crippen LogP contribution is 2.19. The van der Waals surface area contributed by atoms with Crippen molar-refractivity contribution in [1.29, 1.82) is 0 Å². The van der Waals surface area contributed by atoms with Gasteiger partial charge in [-0.1, -0.05) is 6.07 Å². The minimum atomic E-state index is -0.807. The van der Waals surface area contributed by atoms with Crippen LogP contribution in [0.3, 0.4) is 0 Å². The summed E-state index contributed by atoms with van der Waals surface area (Å²) in [6, 6.07) is 4.05. The molecule has 25 heavy (non-hydrogen) atoms. The predicted molar refractivity (Wildman–Crippen MR) is 95.6 cm³/mol. The number of nitrogens with one attached hydrogen (secondary N) is 2. The standard InChI is InChI=1S/C18H25F2N3O.ClH/c19-15-6-5-13(9-16(15)20)11-23-8-2-3-14(12-23)10-22-18(24)17-4-1-7-21-17;/h5-6,9,14,17,21H,1-4,7-8,10-12H2,(H,22,24);1H. The van der Waals surface area contributed by atoms with Gasteiger partial charge in [-0.3, -0.25) is 9.69 Å². The van der Waals surface area contributed by atoms with E-state index in [2.05, 4.69) is 15.5 Å². The first-order chi connectivity index (χ1) is 11.6. The zero-order valence-electron chi connectivity index (χ0n) is 14.3. The summed E-state index contributed by atoms with van der Waals surface area (Å²) in [7, 11) is 0. The highest BCUT2D eigenvalue weighted by molar-refractivity contribution is 5.85. The van der Waals surface area contributed by atoms with Gasteiger partial charge in [-0.2, -0.15) is 0 Å². The van der Waals surface area contributed by atoms with Gasteiger partial charge < -0.3 is 10.6 Å². The Hall–Kier alpha value is -1.24. The maximum Gasteiger partial charge on any atom is 0.237 e. The fourth-order valence-corrected chi connectivity index (χ4v) is 3.63. The molecule has 1 aromatic rings. The van der Waals surface area contributed by atoms with E-state index < -0.39 is 11.6 Å². The summed E-state index contributed by atoms with van der Waals surface area (Å²) in [6.45, 7) is 4.05. The number of nitrogens with zero attached hydrogens (tertiary/aromatic N) is 1. The number of benzene rings is 1. The Morgan fingerprint density at radius 2 is 2.08 bits per heavy atom. The van der Waals surface area contributed by atoms with E-state index in [1.165, 1.54) is 12.1 Å². The summed E-state index contributed by atoms with van der Waals surface area (Å²) in [5.74, 6) is -1.09. The first-order valence-electron chi connectivity index (χ1n) is 8.79. The van der Waals surface area contributed by atoms with Gasteiger partial charge in [0.15, 0.2) is 11.6 Å². The van der Waals surface area contributed by atoms with Gasteiger partial charge in [-0.15, -0.1) is 12.4 Å². The molecule has 2 saturated heterocycles. The molecule has 2 heterocycles. The molecular formula is C18H26ClF2N3O. The number of rotatable bonds is 5. The molecular weight excluding hydrogens is 348 g/mol. The summed E-state index contributed by atoms with van der Waals surface area (Å²) in [5.41, 5.74) is 0.786. The SMILES string of the molecule is Cl.O=C(NCC1CCCN(Cc2ccc(F)c(F)c2)C1)C1CCCN1. The van der Waals surface area contributed by atoms with Crippen LogP contribution in [0.5, 0.6) is 0 Å². The Bertz CT molecular complexity index is 581. The van der Waals surface area contributed by atoms with Crippen LogP contribution in [0, 0.1) is 17.6 Å². The third kappa shape index (κ3) is 5.62. The van der Waals surface area contributed by atoms with Crippen LogP contribution in [0.25, 0.3) is 0 Å². The second-order valence-electron chi connectivity index (χ2n) is 6.89. The molecule has 4 nitrogen and oxygen atoms in total. The largest absolute Gasteiger partial charge is 0.354 e. The van der Waals surface area contributed by atoms with E-state index in [-0.39, 0.29) is 24.4 Å². The summed E-state index contributed by atoms with van der Waals surface area (Å²) in [4.78, 5) is 14.3. The number of likely N-dealkylation sites (tertiary alicyclic amines) is 1. The lowest BCUT2D eigenvalue weighted by atomic mass is 9.97. The molecule has 2 fully saturated rings. The summed E-state index contributed by atoms with van der Waals surface area (Å²) in [6.07, 6.45) is 4.13. The molecule has 2 atom stereocenters. The molecule has 0 radical (unpaired) electrons. The molecule has 2 unspecified atom stereocenters. The average molecular weight is 374 g/mol. The Kier molecular flexibility index (Phi) is 7.59. The normalized spacial score (nSPS) is 23.9. The smallest absolute Gasteiger partial charge is 0.237 e. The van der Waals surface area contributed by atoms with Crippen molar-refractivity contribution in [2.75, 3.05) is 26.2 Å². The van der Waals surface area contributed by atoms with Gasteiger partial charge in [0.05, 0.1) is 6.04 Å². The topological polar surface area (TPSA) is 44.4 Å². The minimum absolute atomic E-state index is 0. The van der Waals surface area contributed by atoms with Crippen molar-refractivity contribution < 1.29 is 13.6 Å². The maximum atomic E-state index is 13.3. The number of carbonyl (C=O) groups excluding carboxylic acids is 1. The van der Waals surface area contributed by atoms with E-state index in [0.29, 0.717) is 19.0 Å². The minimum Gasteiger partial charge on any atom is -0.354 e. The van der Waals surface area contributed by atoms with Crippen LogP contribution < -0.4 is 10.6 Å². The second-order valence-corrected chi connectivity index (χ2v) is 6.89. The molecule has 1 amide bonds. The Labute approximate surface area is 153 Å². The van der Waals surface area contributed by atoms with Gasteiger partial charge in [0, 0.05) is 19.6 Å². The number of halogens is 3. The maximum absolute atomic E-state index is 13.3. The monoisotopic (exact) mass is 373 g/mol. The molecule has 0 aromatic heterocycles. The quantitative estimate of drug-likeness (QED) is 0.833. The summed E-state index contributed by atoms with van der Waals surface area (Å²) >= 11 is 0. The van der Waals surface area contributed by atoms with E-state index in [1.54, 1.807) is 6.07 Å². The van der Waals surface area contributed by atoms with Gasteiger partial charge in [0.1, 0.15) is 0 Å². The predicted octanol–water partition coefficient (Wildman–Crippen LogP) is 2.47. The molecule has 3 rings (SSSR count). The van der Waals surface area contributed by atoms with Crippen molar-refractivity contribution in [2.45, 2.75) is 38.3 Å². The van der Waals surface area contributed by atoms with E-state index in [0.717, 1.165) is 50.9 Å². The van der Waals surface area contributed by atoms with E-state index in [1.807, 2.05) is 0 Å². The Morgan fingerprint density at radius 1 is 1.24 bits per heavy atom. The first kappa shape index (κ1) is 20.1. The first-order valence-corrected chi connectivity index (χ1v) is 8.79. The van der Waals surface area contributed by atoms with Crippen LogP contribution >= 0.6 is 12.4 Å². The van der Waals surface area contributed by atoms with Crippen molar-refractivity contribution in [3.63, 3.8) is 0 Å². The molecule has 140 valence electrons. The summed E-state index contributed by atoms with van der Waals surface area (Å²) < 4.78 is 26.3. The van der Waals surface area contributed by atoms with Crippen molar-refractivity contribution in [3.05, 3.63) is 35.4 Å². The zero-order chi connectivity index (χ0) is 16.9. The lowest BCUT2D eigenvalue weighted by Gasteiger charge is -2.33. The van der Waals surface area contributed by atoms with Gasteiger partial charge in [-0.25, -0.2) is 8.78 Å². The molecule has 0 bridgehead atoms. The van der Waals surface area contributed by atoms with Crippen LogP contribution in [0.2, 0.25) is 0 Å². The van der Waals surface area contributed by atoms with E-state index in [9.17, 15) is 13.6 Å². The van der Waals surface area contributed by atoms with Gasteiger partial charge in [0.2, 0.25) is 5.91 Å². The zero-order valence-corrected chi connectivity index (χ0v) is 15.1. The average Bonchev–Trinajstić information content (AvgIpc) is 3.11. The fourth-order valence-electron chi connectivity index (χ4n) is 3.63. The van der Waals surface area contributed by atoms with Crippen LogP contribution in [0.1, 0.15) is 31.2 Å². The fraction of sp³-hybridized carbons (Fsp3) is 0.611. The number of piperidine rings is 1. The third-order valence-corrected chi connectivity index (χ3v) is 4.94. The van der Waals surface area contributed by atoms with Crippen molar-refractivity contribution in [1.82, 2.24) is 15.5 Å². The second kappa shape index (κ2) is 9.46. The van der Waals surface area contributed by atoms with E-state index >= 15 is 0 Å². The van der Waals surface area contributed by atoms with Gasteiger partial charge in [-0.05, 0) is 62.4 Å². The van der Waals surface area contributed by atoms with E-state index in [4.69, 9.17) is 0 Å². The molecule has 0 saturated carbocycles. The molecule has 2 N–H and O–H groups in total. The molecule has 2 aliphatic heterocycles. The van der Waals surface area contributed by atoms with Crippen LogP contribution in [0.4, 0.5) is 8.78 Å². The van der Waals surface area contributed by atoms with Crippen molar-refractivity contribution in [3.8, 4) is 0 Å². The Morgan fingerprint density at radius 3 is 2.80 bits per heavy atom. The molecule has 7 heteroatoms.